The second-order valence-electron chi connectivity index (χ2n) is 3.64. The Morgan fingerprint density at radius 2 is 2.21 bits per heavy atom. The molecule has 3 nitrogen and oxygen atoms in total. The molecule has 0 aliphatic carbocycles. The van der Waals surface area contributed by atoms with E-state index in [2.05, 4.69) is 10.3 Å². The van der Waals surface area contributed by atoms with Crippen molar-refractivity contribution in [3.05, 3.63) is 22.8 Å². The maximum absolute atomic E-state index is 9.75. The van der Waals surface area contributed by atoms with Crippen molar-refractivity contribution in [1.82, 2.24) is 4.98 Å². The second-order valence-corrected chi connectivity index (χ2v) is 4.05. The minimum absolute atomic E-state index is 0.531. The van der Waals surface area contributed by atoms with Gasteiger partial charge in [-0.15, -0.1) is 0 Å². The lowest BCUT2D eigenvalue weighted by molar-refractivity contribution is 0.0784. The van der Waals surface area contributed by atoms with Crippen LogP contribution < -0.4 is 5.32 Å². The summed E-state index contributed by atoms with van der Waals surface area (Å²) in [4.78, 5) is 4.14. The summed E-state index contributed by atoms with van der Waals surface area (Å²) in [6.45, 7) is 6.15. The van der Waals surface area contributed by atoms with Gasteiger partial charge in [0.05, 0.1) is 10.6 Å². The van der Waals surface area contributed by atoms with Crippen molar-refractivity contribution in [2.24, 2.45) is 0 Å². The van der Waals surface area contributed by atoms with E-state index < -0.39 is 5.60 Å². The molecule has 0 radical (unpaired) electrons. The van der Waals surface area contributed by atoms with Gasteiger partial charge in [-0.1, -0.05) is 11.6 Å². The van der Waals surface area contributed by atoms with Gasteiger partial charge in [0, 0.05) is 18.3 Å². The predicted octanol–water partition coefficient (Wildman–Crippen LogP) is 2.39. The SMILES string of the molecule is CCNc1cc(Cl)c(C(C)(C)O)cn1. The van der Waals surface area contributed by atoms with Crippen LogP contribution in [0.25, 0.3) is 0 Å². The molecule has 0 saturated carbocycles. The minimum Gasteiger partial charge on any atom is -0.386 e. The maximum Gasteiger partial charge on any atom is 0.127 e. The molecule has 0 unspecified atom stereocenters. The average Bonchev–Trinajstić information content (AvgIpc) is 2.02. The molecule has 0 atom stereocenters. The number of pyridine rings is 1. The number of nitrogens with one attached hydrogen (secondary N) is 1. The summed E-state index contributed by atoms with van der Waals surface area (Å²) in [6.07, 6.45) is 1.60. The topological polar surface area (TPSA) is 45.1 Å². The first-order valence-electron chi connectivity index (χ1n) is 4.57. The van der Waals surface area contributed by atoms with Gasteiger partial charge in [-0.3, -0.25) is 0 Å². The van der Waals surface area contributed by atoms with E-state index in [1.807, 2.05) is 6.92 Å². The lowest BCUT2D eigenvalue weighted by Crippen LogP contribution is -2.16. The number of aromatic nitrogens is 1. The van der Waals surface area contributed by atoms with Crippen LogP contribution in [-0.4, -0.2) is 16.6 Å². The average molecular weight is 215 g/mol. The van der Waals surface area contributed by atoms with Gasteiger partial charge in [-0.05, 0) is 26.8 Å². The van der Waals surface area contributed by atoms with Crippen LogP contribution in [0.5, 0.6) is 0 Å². The summed E-state index contributed by atoms with van der Waals surface area (Å²) < 4.78 is 0. The van der Waals surface area contributed by atoms with Crippen LogP contribution in [0, 0.1) is 0 Å². The van der Waals surface area contributed by atoms with E-state index in [1.165, 1.54) is 0 Å². The molecule has 0 spiro atoms. The normalized spacial score (nSPS) is 11.5. The van der Waals surface area contributed by atoms with Gasteiger partial charge >= 0.3 is 0 Å². The van der Waals surface area contributed by atoms with E-state index in [-0.39, 0.29) is 0 Å². The van der Waals surface area contributed by atoms with E-state index in [9.17, 15) is 5.11 Å². The highest BCUT2D eigenvalue weighted by atomic mass is 35.5. The number of rotatable bonds is 3. The standard InChI is InChI=1S/C10H15ClN2O/c1-4-12-9-5-8(11)7(6-13-9)10(2,3)14/h5-6,14H,4H2,1-3H3,(H,12,13). The Balaban J connectivity index is 3.02. The number of anilines is 1. The lowest BCUT2D eigenvalue weighted by Gasteiger charge is -2.19. The van der Waals surface area contributed by atoms with Gasteiger partial charge in [0.25, 0.3) is 0 Å². The zero-order chi connectivity index (χ0) is 10.8. The largest absolute Gasteiger partial charge is 0.386 e. The first-order valence-corrected chi connectivity index (χ1v) is 4.95. The molecular formula is C10H15ClN2O. The fourth-order valence-electron chi connectivity index (χ4n) is 1.16. The maximum atomic E-state index is 9.75. The van der Waals surface area contributed by atoms with Gasteiger partial charge in [-0.2, -0.15) is 0 Å². The molecular weight excluding hydrogens is 200 g/mol. The molecule has 1 aromatic rings. The van der Waals surface area contributed by atoms with Crippen molar-refractivity contribution in [3.8, 4) is 0 Å². The summed E-state index contributed by atoms with van der Waals surface area (Å²) >= 11 is 6.01. The highest BCUT2D eigenvalue weighted by molar-refractivity contribution is 6.31. The molecule has 0 amide bonds. The summed E-state index contributed by atoms with van der Waals surface area (Å²) in [6, 6.07) is 1.72. The Bertz CT molecular complexity index is 320. The molecule has 0 saturated heterocycles. The van der Waals surface area contributed by atoms with E-state index in [0.29, 0.717) is 10.6 Å². The van der Waals surface area contributed by atoms with Crippen molar-refractivity contribution >= 4 is 17.4 Å². The predicted molar refractivity (Wildman–Crippen MR) is 58.7 cm³/mol. The van der Waals surface area contributed by atoms with Gasteiger partial charge in [0.15, 0.2) is 0 Å². The first-order chi connectivity index (χ1) is 6.45. The summed E-state index contributed by atoms with van der Waals surface area (Å²) in [7, 11) is 0. The van der Waals surface area contributed by atoms with E-state index in [4.69, 9.17) is 11.6 Å². The third-order valence-electron chi connectivity index (χ3n) is 1.87. The lowest BCUT2D eigenvalue weighted by atomic mass is 10.0. The van der Waals surface area contributed by atoms with Crippen LogP contribution in [0.3, 0.4) is 0 Å². The van der Waals surface area contributed by atoms with Gasteiger partial charge < -0.3 is 10.4 Å². The quantitative estimate of drug-likeness (QED) is 0.812. The third-order valence-corrected chi connectivity index (χ3v) is 2.18. The monoisotopic (exact) mass is 214 g/mol. The number of aliphatic hydroxyl groups is 1. The highest BCUT2D eigenvalue weighted by Crippen LogP contribution is 2.28. The molecule has 1 rings (SSSR count). The highest BCUT2D eigenvalue weighted by Gasteiger charge is 2.19. The van der Waals surface area contributed by atoms with Crippen molar-refractivity contribution in [2.45, 2.75) is 26.4 Å². The Hall–Kier alpha value is -0.800. The zero-order valence-electron chi connectivity index (χ0n) is 8.63. The van der Waals surface area contributed by atoms with Crippen LogP contribution in [0.15, 0.2) is 12.3 Å². The van der Waals surface area contributed by atoms with Gasteiger partial charge in [0.2, 0.25) is 0 Å². The van der Waals surface area contributed by atoms with Gasteiger partial charge in [0.1, 0.15) is 5.82 Å². The van der Waals surface area contributed by atoms with Crippen LogP contribution in [0.1, 0.15) is 26.3 Å². The molecule has 1 aromatic heterocycles. The molecule has 0 aromatic carbocycles. The van der Waals surface area contributed by atoms with Crippen molar-refractivity contribution < 1.29 is 5.11 Å². The first kappa shape index (κ1) is 11.3. The molecule has 4 heteroatoms. The van der Waals surface area contributed by atoms with Crippen LogP contribution in [0.4, 0.5) is 5.82 Å². The molecule has 0 bridgehead atoms. The summed E-state index contributed by atoms with van der Waals surface area (Å²) in [5.41, 5.74) is -0.310. The minimum atomic E-state index is -0.950. The number of nitrogens with zero attached hydrogens (tertiary/aromatic N) is 1. The van der Waals surface area contributed by atoms with Crippen molar-refractivity contribution in [3.63, 3.8) is 0 Å². The van der Waals surface area contributed by atoms with E-state index in [0.717, 1.165) is 12.4 Å². The van der Waals surface area contributed by atoms with Crippen LogP contribution in [0.2, 0.25) is 5.02 Å². The Labute approximate surface area is 89.1 Å². The second kappa shape index (κ2) is 4.15. The van der Waals surface area contributed by atoms with Crippen LogP contribution >= 0.6 is 11.6 Å². The molecule has 14 heavy (non-hydrogen) atoms. The van der Waals surface area contributed by atoms with E-state index >= 15 is 0 Å². The van der Waals surface area contributed by atoms with Gasteiger partial charge in [-0.25, -0.2) is 4.98 Å². The van der Waals surface area contributed by atoms with Crippen molar-refractivity contribution in [1.29, 1.82) is 0 Å². The fourth-order valence-corrected chi connectivity index (χ4v) is 1.54. The smallest absolute Gasteiger partial charge is 0.127 e. The summed E-state index contributed by atoms with van der Waals surface area (Å²) in [5.74, 6) is 0.727. The van der Waals surface area contributed by atoms with Crippen LogP contribution in [-0.2, 0) is 5.60 Å². The molecule has 0 fully saturated rings. The molecule has 2 N–H and O–H groups in total. The summed E-state index contributed by atoms with van der Waals surface area (Å²) in [5, 5.41) is 13.3. The molecule has 0 aliphatic heterocycles. The number of hydrogen-bond acceptors (Lipinski definition) is 3. The molecule has 1 heterocycles. The zero-order valence-corrected chi connectivity index (χ0v) is 9.39. The Morgan fingerprint density at radius 3 is 2.64 bits per heavy atom. The Morgan fingerprint density at radius 1 is 1.57 bits per heavy atom. The fraction of sp³-hybridized carbons (Fsp3) is 0.500. The number of hydrogen-bond donors (Lipinski definition) is 2. The molecule has 0 aliphatic rings. The van der Waals surface area contributed by atoms with E-state index in [1.54, 1.807) is 26.1 Å². The molecule has 78 valence electrons. The third kappa shape index (κ3) is 2.59. The number of halogens is 1. The Kier molecular flexibility index (Phi) is 3.34. The van der Waals surface area contributed by atoms with Crippen molar-refractivity contribution in [2.75, 3.05) is 11.9 Å².